The summed E-state index contributed by atoms with van der Waals surface area (Å²) in [6.07, 6.45) is 1.50. The lowest BCUT2D eigenvalue weighted by Gasteiger charge is -2.15. The zero-order valence-corrected chi connectivity index (χ0v) is 17.4. The van der Waals surface area contributed by atoms with Crippen molar-refractivity contribution in [2.24, 2.45) is 0 Å². The fraction of sp³-hybridized carbons (Fsp3) is 0. The van der Waals surface area contributed by atoms with Gasteiger partial charge in [0.25, 0.3) is 11.8 Å². The maximum atomic E-state index is 12.7. The van der Waals surface area contributed by atoms with Gasteiger partial charge in [0.2, 0.25) is 0 Å². The maximum Gasteiger partial charge on any atom is 0.336 e. The number of nitrogens with one attached hydrogen (secondary N) is 1. The first-order chi connectivity index (χ1) is 14.9. The number of hydrogen-bond acceptors (Lipinski definition) is 6. The molecule has 0 bridgehead atoms. The molecule has 0 saturated carbocycles. The third kappa shape index (κ3) is 4.27. The molecule has 1 aromatic heterocycles. The minimum Gasteiger partial charge on any atom is -0.478 e. The number of carboxylic acid groups (broad SMARTS) is 1. The molecule has 0 aliphatic carbocycles. The number of amides is 2. The van der Waals surface area contributed by atoms with Gasteiger partial charge in [0.05, 0.1) is 10.5 Å². The second kappa shape index (κ2) is 8.58. The van der Waals surface area contributed by atoms with Crippen LogP contribution in [0, 0.1) is 0 Å². The molecule has 0 spiro atoms. The van der Waals surface area contributed by atoms with Crippen LogP contribution in [0.5, 0.6) is 0 Å². The summed E-state index contributed by atoms with van der Waals surface area (Å²) in [5.74, 6) is -1.29. The van der Waals surface area contributed by atoms with Gasteiger partial charge in [0.1, 0.15) is 11.5 Å². The Kier molecular flexibility index (Phi) is 5.70. The van der Waals surface area contributed by atoms with Crippen LogP contribution in [0.2, 0.25) is 0 Å². The number of hydrogen-bond donors (Lipinski definition) is 2. The standard InChI is InChI=1S/C22H14N2O5S2/c25-19(13-6-2-1-3-7-13)23-24-20(26)18(31-22(24)30)12-14-10-11-17(29-14)15-8-4-5-9-16(15)21(27)28/h1-12H,(H,23,25)(H,27,28)/b18-12-. The summed E-state index contributed by atoms with van der Waals surface area (Å²) in [4.78, 5) is 36.8. The molecule has 2 heterocycles. The van der Waals surface area contributed by atoms with Gasteiger partial charge in [-0.15, -0.1) is 0 Å². The number of carbonyl (C=O) groups excluding carboxylic acids is 2. The van der Waals surface area contributed by atoms with Crippen LogP contribution in [0.1, 0.15) is 26.5 Å². The number of carboxylic acids is 1. The van der Waals surface area contributed by atoms with Gasteiger partial charge in [-0.05, 0) is 42.5 Å². The molecule has 1 aliphatic rings. The zero-order chi connectivity index (χ0) is 22.0. The van der Waals surface area contributed by atoms with Gasteiger partial charge >= 0.3 is 5.97 Å². The molecule has 1 fully saturated rings. The molecular formula is C22H14N2O5S2. The van der Waals surface area contributed by atoms with Crippen molar-refractivity contribution in [2.75, 3.05) is 0 Å². The molecule has 2 aromatic carbocycles. The Hall–Kier alpha value is -3.69. The van der Waals surface area contributed by atoms with Crippen LogP contribution in [-0.4, -0.2) is 32.2 Å². The molecule has 7 nitrogen and oxygen atoms in total. The Bertz CT molecular complexity index is 1230. The number of thiocarbonyl (C=S) groups is 1. The molecule has 0 unspecified atom stereocenters. The second-order valence-corrected chi connectivity index (χ2v) is 8.05. The van der Waals surface area contributed by atoms with Crippen LogP contribution in [0.3, 0.4) is 0 Å². The molecule has 31 heavy (non-hydrogen) atoms. The first-order valence-corrected chi connectivity index (χ1v) is 10.2. The lowest BCUT2D eigenvalue weighted by molar-refractivity contribution is -0.123. The fourth-order valence-corrected chi connectivity index (χ4v) is 4.07. The minimum absolute atomic E-state index is 0.110. The van der Waals surface area contributed by atoms with Crippen LogP contribution in [0.15, 0.2) is 76.1 Å². The van der Waals surface area contributed by atoms with E-state index in [4.69, 9.17) is 16.6 Å². The summed E-state index contributed by atoms with van der Waals surface area (Å²) in [5.41, 5.74) is 3.44. The van der Waals surface area contributed by atoms with Crippen molar-refractivity contribution < 1.29 is 23.9 Å². The molecule has 2 N–H and O–H groups in total. The smallest absolute Gasteiger partial charge is 0.336 e. The number of hydrazine groups is 1. The Balaban J connectivity index is 1.54. The normalized spacial score (nSPS) is 14.8. The number of aromatic carboxylic acids is 1. The van der Waals surface area contributed by atoms with E-state index in [1.807, 2.05) is 0 Å². The van der Waals surface area contributed by atoms with E-state index in [-0.39, 0.29) is 14.8 Å². The molecule has 2 amide bonds. The summed E-state index contributed by atoms with van der Waals surface area (Å²) in [5, 5.41) is 10.4. The number of furan rings is 1. The third-order valence-electron chi connectivity index (χ3n) is 4.37. The molecule has 3 aromatic rings. The maximum absolute atomic E-state index is 12.7. The van der Waals surface area contributed by atoms with E-state index in [9.17, 15) is 19.5 Å². The van der Waals surface area contributed by atoms with Crippen molar-refractivity contribution in [1.82, 2.24) is 10.4 Å². The Morgan fingerprint density at radius 2 is 1.74 bits per heavy atom. The van der Waals surface area contributed by atoms with Crippen LogP contribution < -0.4 is 5.43 Å². The molecular weight excluding hydrogens is 436 g/mol. The van der Waals surface area contributed by atoms with Crippen molar-refractivity contribution in [3.8, 4) is 11.3 Å². The van der Waals surface area contributed by atoms with Gasteiger partial charge in [-0.3, -0.25) is 15.0 Å². The second-order valence-electron chi connectivity index (χ2n) is 6.38. The van der Waals surface area contributed by atoms with Crippen molar-refractivity contribution >= 4 is 52.2 Å². The minimum atomic E-state index is -1.07. The lowest BCUT2D eigenvalue weighted by atomic mass is 10.1. The van der Waals surface area contributed by atoms with Crippen LogP contribution in [0.4, 0.5) is 0 Å². The van der Waals surface area contributed by atoms with E-state index in [1.54, 1.807) is 60.7 Å². The SMILES string of the molecule is O=C(NN1C(=O)/C(=C/c2ccc(-c3ccccc3C(=O)O)o2)SC1=S)c1ccccc1. The summed E-state index contributed by atoms with van der Waals surface area (Å²) >= 11 is 6.25. The van der Waals surface area contributed by atoms with Crippen LogP contribution in [0.25, 0.3) is 17.4 Å². The van der Waals surface area contributed by atoms with Gasteiger partial charge in [-0.1, -0.05) is 48.2 Å². The number of rotatable bonds is 5. The predicted octanol–water partition coefficient (Wildman–Crippen LogP) is 4.19. The average molecular weight is 450 g/mol. The molecule has 9 heteroatoms. The van der Waals surface area contributed by atoms with Crippen molar-refractivity contribution in [1.29, 1.82) is 0 Å². The van der Waals surface area contributed by atoms with Crippen molar-refractivity contribution in [3.05, 3.63) is 88.5 Å². The van der Waals surface area contributed by atoms with Crippen LogP contribution >= 0.6 is 24.0 Å². The van der Waals surface area contributed by atoms with Crippen molar-refractivity contribution in [3.63, 3.8) is 0 Å². The van der Waals surface area contributed by atoms with Crippen molar-refractivity contribution in [2.45, 2.75) is 0 Å². The van der Waals surface area contributed by atoms with Gasteiger partial charge < -0.3 is 9.52 Å². The molecule has 0 atom stereocenters. The topological polar surface area (TPSA) is 99.9 Å². The third-order valence-corrected chi connectivity index (χ3v) is 5.67. The first-order valence-electron chi connectivity index (χ1n) is 9.00. The van der Waals surface area contributed by atoms with Gasteiger partial charge in [-0.25, -0.2) is 4.79 Å². The number of thioether (sulfide) groups is 1. The number of nitrogens with zero attached hydrogens (tertiary/aromatic N) is 1. The highest BCUT2D eigenvalue weighted by atomic mass is 32.2. The zero-order valence-electron chi connectivity index (χ0n) is 15.8. The monoisotopic (exact) mass is 450 g/mol. The first kappa shape index (κ1) is 20.6. The summed E-state index contributed by atoms with van der Waals surface area (Å²) in [6, 6.07) is 18.2. The molecule has 154 valence electrons. The van der Waals surface area contributed by atoms with Gasteiger partial charge in [-0.2, -0.15) is 5.01 Å². The van der Waals surface area contributed by atoms with E-state index in [0.717, 1.165) is 16.8 Å². The lowest BCUT2D eigenvalue weighted by Crippen LogP contribution is -2.44. The average Bonchev–Trinajstić information content (AvgIpc) is 3.34. The quantitative estimate of drug-likeness (QED) is 0.444. The Morgan fingerprint density at radius 3 is 2.48 bits per heavy atom. The van der Waals surface area contributed by atoms with E-state index >= 15 is 0 Å². The Morgan fingerprint density at radius 1 is 1.03 bits per heavy atom. The molecule has 1 saturated heterocycles. The fourth-order valence-electron chi connectivity index (χ4n) is 2.91. The molecule has 0 radical (unpaired) electrons. The largest absolute Gasteiger partial charge is 0.478 e. The molecule has 1 aliphatic heterocycles. The highest BCUT2D eigenvalue weighted by Crippen LogP contribution is 2.33. The van der Waals surface area contributed by atoms with E-state index in [0.29, 0.717) is 22.6 Å². The van der Waals surface area contributed by atoms with Gasteiger partial charge in [0, 0.05) is 17.2 Å². The van der Waals surface area contributed by atoms with E-state index < -0.39 is 17.8 Å². The predicted molar refractivity (Wildman–Crippen MR) is 120 cm³/mol. The Labute approximate surface area is 186 Å². The number of carbonyl (C=O) groups is 3. The highest BCUT2D eigenvalue weighted by molar-refractivity contribution is 8.26. The van der Waals surface area contributed by atoms with Gasteiger partial charge in [0.15, 0.2) is 4.32 Å². The summed E-state index contributed by atoms with van der Waals surface area (Å²) < 4.78 is 5.92. The van der Waals surface area contributed by atoms with Crippen LogP contribution in [-0.2, 0) is 4.79 Å². The van der Waals surface area contributed by atoms with E-state index in [1.165, 1.54) is 12.1 Å². The summed E-state index contributed by atoms with van der Waals surface area (Å²) in [7, 11) is 0. The summed E-state index contributed by atoms with van der Waals surface area (Å²) in [6.45, 7) is 0. The molecule has 4 rings (SSSR count). The number of benzene rings is 2. The van der Waals surface area contributed by atoms with E-state index in [2.05, 4.69) is 5.43 Å². The highest BCUT2D eigenvalue weighted by Gasteiger charge is 2.34.